The van der Waals surface area contributed by atoms with Gasteiger partial charge in [-0.05, 0) is 37.3 Å². The van der Waals surface area contributed by atoms with Gasteiger partial charge in [-0.25, -0.2) is 4.98 Å². The highest BCUT2D eigenvalue weighted by Gasteiger charge is 2.19. The number of anilines is 1. The van der Waals surface area contributed by atoms with Crippen LogP contribution in [0.25, 0.3) is 21.9 Å². The van der Waals surface area contributed by atoms with Crippen molar-refractivity contribution in [2.45, 2.75) is 12.1 Å². The van der Waals surface area contributed by atoms with E-state index in [1.165, 1.54) is 16.3 Å². The van der Waals surface area contributed by atoms with Crippen molar-refractivity contribution in [2.24, 2.45) is 14.1 Å². The zero-order valence-corrected chi connectivity index (χ0v) is 18.8. The van der Waals surface area contributed by atoms with Crippen LogP contribution in [0.1, 0.15) is 6.92 Å². The van der Waals surface area contributed by atoms with Crippen LogP contribution in [0.15, 0.2) is 58.5 Å². The molecule has 0 radical (unpaired) electrons. The van der Waals surface area contributed by atoms with Crippen LogP contribution in [0.5, 0.6) is 5.75 Å². The highest BCUT2D eigenvalue weighted by Crippen LogP contribution is 2.30. The van der Waals surface area contributed by atoms with Gasteiger partial charge in [-0.3, -0.25) is 14.2 Å². The number of rotatable bonds is 6. The molecule has 1 amide bonds. The number of methoxy groups -OCH3 is 1. The van der Waals surface area contributed by atoms with Crippen LogP contribution < -0.4 is 15.2 Å². The first-order chi connectivity index (χ1) is 15.0. The Balaban J connectivity index is 1.71. The lowest BCUT2D eigenvalue weighted by molar-refractivity contribution is -0.116. The van der Waals surface area contributed by atoms with Crippen LogP contribution in [0.2, 0.25) is 0 Å². The predicted octanol–water partition coefficient (Wildman–Crippen LogP) is 3.58. The second-order valence-electron chi connectivity index (χ2n) is 7.16. The standard InChI is InChI=1S/C23H24N4O3S/c1-5-27(15-9-7-6-8-10-15)19(28)14-31-23-24-20-17-13-16(30-4)11-12-18(17)25(2)21(20)22(29)26(23)3/h6-13H,5,14H2,1-4H3. The molecule has 0 bridgehead atoms. The molecule has 0 aliphatic heterocycles. The molecular weight excluding hydrogens is 412 g/mol. The highest BCUT2D eigenvalue weighted by atomic mass is 32.2. The number of carbonyl (C=O) groups excluding carboxylic acids is 1. The number of ether oxygens (including phenoxy) is 1. The summed E-state index contributed by atoms with van der Waals surface area (Å²) in [7, 11) is 5.15. The number of nitrogens with zero attached hydrogens (tertiary/aromatic N) is 4. The van der Waals surface area contributed by atoms with Crippen molar-refractivity contribution in [3.63, 3.8) is 0 Å². The molecule has 0 saturated heterocycles. The summed E-state index contributed by atoms with van der Waals surface area (Å²) in [4.78, 5) is 32.5. The number of thioether (sulfide) groups is 1. The van der Waals surface area contributed by atoms with Gasteiger partial charge in [0.05, 0.1) is 18.4 Å². The van der Waals surface area contributed by atoms with Crippen LogP contribution in [0, 0.1) is 0 Å². The molecule has 0 N–H and O–H groups in total. The molecule has 160 valence electrons. The molecule has 0 aliphatic rings. The Hall–Kier alpha value is -3.26. The number of aromatic nitrogens is 3. The maximum atomic E-state index is 13.1. The average molecular weight is 437 g/mol. The van der Waals surface area contributed by atoms with E-state index in [2.05, 4.69) is 0 Å². The van der Waals surface area contributed by atoms with E-state index in [0.717, 1.165) is 16.6 Å². The maximum Gasteiger partial charge on any atom is 0.278 e. The SMILES string of the molecule is CCN(C(=O)CSc1nc2c3cc(OC)ccc3n(C)c2c(=O)n1C)c1ccccc1. The van der Waals surface area contributed by atoms with Crippen LogP contribution in [-0.2, 0) is 18.9 Å². The molecule has 4 aromatic rings. The Bertz CT molecular complexity index is 1330. The second kappa shape index (κ2) is 8.47. The molecule has 0 saturated carbocycles. The van der Waals surface area contributed by atoms with Crippen LogP contribution in [0.3, 0.4) is 0 Å². The number of carbonyl (C=O) groups is 1. The van der Waals surface area contributed by atoms with Gasteiger partial charge >= 0.3 is 0 Å². The molecule has 0 unspecified atom stereocenters. The lowest BCUT2D eigenvalue weighted by Crippen LogP contribution is -2.32. The Labute approximate surface area is 184 Å². The lowest BCUT2D eigenvalue weighted by Gasteiger charge is -2.20. The van der Waals surface area contributed by atoms with Gasteiger partial charge < -0.3 is 14.2 Å². The molecule has 0 fully saturated rings. The van der Waals surface area contributed by atoms with Crippen molar-refractivity contribution in [2.75, 3.05) is 24.3 Å². The minimum Gasteiger partial charge on any atom is -0.497 e. The summed E-state index contributed by atoms with van der Waals surface area (Å²) >= 11 is 1.27. The third-order valence-corrected chi connectivity index (χ3v) is 6.41. The molecule has 2 aromatic heterocycles. The first-order valence-corrected chi connectivity index (χ1v) is 11.0. The van der Waals surface area contributed by atoms with Crippen LogP contribution >= 0.6 is 11.8 Å². The van der Waals surface area contributed by atoms with E-state index in [9.17, 15) is 9.59 Å². The van der Waals surface area contributed by atoms with Crippen molar-refractivity contribution >= 4 is 45.3 Å². The molecule has 0 aliphatic carbocycles. The number of hydrogen-bond donors (Lipinski definition) is 0. The van der Waals surface area contributed by atoms with E-state index in [4.69, 9.17) is 9.72 Å². The molecule has 0 spiro atoms. The lowest BCUT2D eigenvalue weighted by atomic mass is 10.2. The van der Waals surface area contributed by atoms with Gasteiger partial charge in [-0.15, -0.1) is 0 Å². The van der Waals surface area contributed by atoms with Crippen molar-refractivity contribution in [1.29, 1.82) is 0 Å². The summed E-state index contributed by atoms with van der Waals surface area (Å²) < 4.78 is 8.71. The van der Waals surface area contributed by atoms with E-state index in [-0.39, 0.29) is 17.2 Å². The van der Waals surface area contributed by atoms with Gasteiger partial charge in [0.1, 0.15) is 16.8 Å². The highest BCUT2D eigenvalue weighted by molar-refractivity contribution is 7.99. The topological polar surface area (TPSA) is 69.4 Å². The monoisotopic (exact) mass is 436 g/mol. The summed E-state index contributed by atoms with van der Waals surface area (Å²) in [5.41, 5.74) is 2.76. The smallest absolute Gasteiger partial charge is 0.278 e. The van der Waals surface area contributed by atoms with Gasteiger partial charge in [0.2, 0.25) is 5.91 Å². The molecule has 4 rings (SSSR count). The zero-order chi connectivity index (χ0) is 22.1. The fourth-order valence-corrected chi connectivity index (χ4v) is 4.59. The Morgan fingerprint density at radius 1 is 1.13 bits per heavy atom. The average Bonchev–Trinajstić information content (AvgIpc) is 3.07. The fourth-order valence-electron chi connectivity index (χ4n) is 3.75. The van der Waals surface area contributed by atoms with Crippen molar-refractivity contribution in [3.8, 4) is 5.75 Å². The quantitative estimate of drug-likeness (QED) is 0.341. The van der Waals surface area contributed by atoms with Crippen molar-refractivity contribution in [1.82, 2.24) is 14.1 Å². The van der Waals surface area contributed by atoms with E-state index in [1.807, 2.05) is 67.1 Å². The van der Waals surface area contributed by atoms with Gasteiger partial charge in [0, 0.05) is 31.7 Å². The number of hydrogen-bond acceptors (Lipinski definition) is 5. The van der Waals surface area contributed by atoms with Crippen LogP contribution in [-0.4, -0.2) is 39.4 Å². The van der Waals surface area contributed by atoms with E-state index < -0.39 is 0 Å². The van der Waals surface area contributed by atoms with Gasteiger partial charge in [0.15, 0.2) is 5.16 Å². The summed E-state index contributed by atoms with van der Waals surface area (Å²) in [6.45, 7) is 2.51. The van der Waals surface area contributed by atoms with E-state index >= 15 is 0 Å². The number of amides is 1. The minimum absolute atomic E-state index is 0.0346. The normalized spacial score (nSPS) is 11.2. The summed E-state index contributed by atoms with van der Waals surface area (Å²) in [5.74, 6) is 0.851. The van der Waals surface area contributed by atoms with E-state index in [0.29, 0.717) is 28.5 Å². The summed E-state index contributed by atoms with van der Waals surface area (Å²) in [6.07, 6.45) is 0. The zero-order valence-electron chi connectivity index (χ0n) is 18.0. The third-order valence-electron chi connectivity index (χ3n) is 5.39. The largest absolute Gasteiger partial charge is 0.497 e. The molecular formula is C23H24N4O3S. The Morgan fingerprint density at radius 3 is 2.55 bits per heavy atom. The van der Waals surface area contributed by atoms with Crippen molar-refractivity contribution in [3.05, 3.63) is 58.9 Å². The predicted molar refractivity (Wildman–Crippen MR) is 125 cm³/mol. The Kier molecular flexibility index (Phi) is 5.73. The third kappa shape index (κ3) is 3.67. The molecule has 7 nitrogen and oxygen atoms in total. The van der Waals surface area contributed by atoms with Crippen LogP contribution in [0.4, 0.5) is 5.69 Å². The van der Waals surface area contributed by atoms with Gasteiger partial charge in [-0.1, -0.05) is 30.0 Å². The maximum absolute atomic E-state index is 13.1. The number of aryl methyl sites for hydroxylation is 1. The minimum atomic E-state index is -0.145. The van der Waals surface area contributed by atoms with Gasteiger partial charge in [-0.2, -0.15) is 0 Å². The second-order valence-corrected chi connectivity index (χ2v) is 8.10. The number of benzene rings is 2. The molecule has 2 heterocycles. The molecule has 8 heteroatoms. The summed E-state index contributed by atoms with van der Waals surface area (Å²) in [6, 6.07) is 15.2. The summed E-state index contributed by atoms with van der Waals surface area (Å²) in [5, 5.41) is 1.35. The first kappa shape index (κ1) is 21.0. The number of para-hydroxylation sites is 1. The van der Waals surface area contributed by atoms with Gasteiger partial charge in [0.25, 0.3) is 5.56 Å². The molecule has 2 aromatic carbocycles. The molecule has 31 heavy (non-hydrogen) atoms. The van der Waals surface area contributed by atoms with E-state index in [1.54, 1.807) is 19.1 Å². The first-order valence-electron chi connectivity index (χ1n) is 9.97. The molecule has 0 atom stereocenters. The fraction of sp³-hybridized carbons (Fsp3) is 0.261. The number of fused-ring (bicyclic) bond motifs is 3. The van der Waals surface area contributed by atoms with Crippen molar-refractivity contribution < 1.29 is 9.53 Å². The Morgan fingerprint density at radius 2 is 1.87 bits per heavy atom.